The van der Waals surface area contributed by atoms with Crippen LogP contribution in [0.3, 0.4) is 0 Å². The van der Waals surface area contributed by atoms with Gasteiger partial charge in [-0.05, 0) is 24.1 Å². The van der Waals surface area contributed by atoms with Crippen LogP contribution in [0.2, 0.25) is 0 Å². The molecule has 0 aliphatic carbocycles. The summed E-state index contributed by atoms with van der Waals surface area (Å²) in [6.45, 7) is 2.43. The highest BCUT2D eigenvalue weighted by Crippen LogP contribution is 2.20. The molecule has 0 saturated carbocycles. The minimum Gasteiger partial charge on any atom is -0.333 e. The van der Waals surface area contributed by atoms with Crippen molar-refractivity contribution in [2.75, 3.05) is 19.3 Å². The summed E-state index contributed by atoms with van der Waals surface area (Å²) in [6, 6.07) is 4.12. The van der Waals surface area contributed by atoms with E-state index in [0.717, 1.165) is 19.5 Å². The number of hydrogen-bond donors (Lipinski definition) is 1. The number of rotatable bonds is 3. The molecule has 1 saturated heterocycles. The van der Waals surface area contributed by atoms with Gasteiger partial charge in [-0.15, -0.1) is 11.3 Å². The van der Waals surface area contributed by atoms with Gasteiger partial charge in [0.25, 0.3) is 0 Å². The van der Waals surface area contributed by atoms with E-state index in [4.69, 9.17) is 0 Å². The second-order valence-corrected chi connectivity index (χ2v) is 6.00. The van der Waals surface area contributed by atoms with Gasteiger partial charge in [0.2, 0.25) is 0 Å². The standard InChI is InChI=1S/C11H16N2OS2/c1-15-10-4-5-13(8-10)11(14)12-7-9-3-2-6-16-9/h2-3,6,10H,4-5,7-8H2,1H3,(H,12,14). The summed E-state index contributed by atoms with van der Waals surface area (Å²) in [6.07, 6.45) is 3.23. The number of nitrogens with zero attached hydrogens (tertiary/aromatic N) is 1. The van der Waals surface area contributed by atoms with Crippen molar-refractivity contribution < 1.29 is 4.79 Å². The maximum absolute atomic E-state index is 11.8. The molecule has 88 valence electrons. The summed E-state index contributed by atoms with van der Waals surface area (Å²) in [5, 5.41) is 5.61. The predicted molar refractivity (Wildman–Crippen MR) is 70.0 cm³/mol. The molecule has 5 heteroatoms. The smallest absolute Gasteiger partial charge is 0.317 e. The highest BCUT2D eigenvalue weighted by molar-refractivity contribution is 7.99. The Bertz CT molecular complexity index is 340. The Morgan fingerprint density at radius 3 is 3.25 bits per heavy atom. The van der Waals surface area contributed by atoms with Crippen molar-refractivity contribution in [3.05, 3.63) is 22.4 Å². The van der Waals surface area contributed by atoms with Gasteiger partial charge >= 0.3 is 6.03 Å². The van der Waals surface area contributed by atoms with Crippen LogP contribution in [0.4, 0.5) is 4.79 Å². The Labute approximate surface area is 104 Å². The van der Waals surface area contributed by atoms with E-state index in [9.17, 15) is 4.79 Å². The van der Waals surface area contributed by atoms with Crippen molar-refractivity contribution in [3.63, 3.8) is 0 Å². The van der Waals surface area contributed by atoms with Gasteiger partial charge in [-0.1, -0.05) is 6.07 Å². The molecule has 2 heterocycles. The zero-order chi connectivity index (χ0) is 11.4. The molecule has 0 radical (unpaired) electrons. The number of amides is 2. The Hall–Kier alpha value is -0.680. The van der Waals surface area contributed by atoms with E-state index in [0.29, 0.717) is 11.8 Å². The van der Waals surface area contributed by atoms with Gasteiger partial charge in [0.15, 0.2) is 0 Å². The number of carbonyl (C=O) groups is 1. The van der Waals surface area contributed by atoms with Crippen molar-refractivity contribution in [2.45, 2.75) is 18.2 Å². The molecule has 1 aliphatic heterocycles. The number of thioether (sulfide) groups is 1. The first-order valence-electron chi connectivity index (χ1n) is 5.37. The van der Waals surface area contributed by atoms with Gasteiger partial charge in [0.05, 0.1) is 6.54 Å². The first kappa shape index (κ1) is 11.8. The molecule has 1 aromatic rings. The molecular formula is C11H16N2OS2. The summed E-state index contributed by atoms with van der Waals surface area (Å²) in [5.74, 6) is 0. The van der Waals surface area contributed by atoms with Crippen molar-refractivity contribution in [2.24, 2.45) is 0 Å². The lowest BCUT2D eigenvalue weighted by atomic mass is 10.4. The fourth-order valence-corrected chi connectivity index (χ4v) is 3.11. The molecule has 1 N–H and O–H groups in total. The summed E-state index contributed by atoms with van der Waals surface area (Å²) in [4.78, 5) is 14.9. The van der Waals surface area contributed by atoms with Crippen LogP contribution in [0.5, 0.6) is 0 Å². The van der Waals surface area contributed by atoms with Crippen LogP contribution < -0.4 is 5.32 Å². The zero-order valence-corrected chi connectivity index (χ0v) is 10.9. The average molecular weight is 256 g/mol. The van der Waals surface area contributed by atoms with E-state index in [1.54, 1.807) is 11.3 Å². The van der Waals surface area contributed by atoms with Crippen molar-refractivity contribution in [1.29, 1.82) is 0 Å². The van der Waals surface area contributed by atoms with E-state index < -0.39 is 0 Å². The lowest BCUT2D eigenvalue weighted by Crippen LogP contribution is -2.38. The fourth-order valence-electron chi connectivity index (χ4n) is 1.79. The van der Waals surface area contributed by atoms with Gasteiger partial charge in [-0.3, -0.25) is 0 Å². The van der Waals surface area contributed by atoms with Crippen LogP contribution in [-0.2, 0) is 6.54 Å². The Morgan fingerprint density at radius 1 is 1.75 bits per heavy atom. The van der Waals surface area contributed by atoms with Crippen LogP contribution in [0.1, 0.15) is 11.3 Å². The lowest BCUT2D eigenvalue weighted by Gasteiger charge is -2.16. The number of nitrogens with one attached hydrogen (secondary N) is 1. The summed E-state index contributed by atoms with van der Waals surface area (Å²) in [7, 11) is 0. The van der Waals surface area contributed by atoms with Gasteiger partial charge in [0, 0.05) is 23.2 Å². The molecule has 2 amide bonds. The van der Waals surface area contributed by atoms with Crippen LogP contribution >= 0.6 is 23.1 Å². The number of thiophene rings is 1. The average Bonchev–Trinajstić information content (AvgIpc) is 2.96. The van der Waals surface area contributed by atoms with Crippen LogP contribution in [-0.4, -0.2) is 35.5 Å². The number of hydrogen-bond acceptors (Lipinski definition) is 3. The number of carbonyl (C=O) groups excluding carboxylic acids is 1. The van der Waals surface area contributed by atoms with Crippen molar-refractivity contribution in [1.82, 2.24) is 10.2 Å². The highest BCUT2D eigenvalue weighted by Gasteiger charge is 2.25. The van der Waals surface area contributed by atoms with Gasteiger partial charge in [0.1, 0.15) is 0 Å². The Morgan fingerprint density at radius 2 is 2.62 bits per heavy atom. The van der Waals surface area contributed by atoms with Gasteiger partial charge in [-0.25, -0.2) is 4.79 Å². The molecule has 1 fully saturated rings. The highest BCUT2D eigenvalue weighted by atomic mass is 32.2. The largest absolute Gasteiger partial charge is 0.333 e. The Kier molecular flexibility index (Phi) is 4.12. The first-order valence-corrected chi connectivity index (χ1v) is 7.54. The van der Waals surface area contributed by atoms with Crippen LogP contribution in [0.15, 0.2) is 17.5 Å². The van der Waals surface area contributed by atoms with E-state index in [-0.39, 0.29) is 6.03 Å². The SMILES string of the molecule is CSC1CCN(C(=O)NCc2cccs2)C1. The number of urea groups is 1. The second kappa shape index (κ2) is 5.59. The normalized spacial score (nSPS) is 20.1. The second-order valence-electron chi connectivity index (χ2n) is 3.83. The monoisotopic (exact) mass is 256 g/mol. The van der Waals surface area contributed by atoms with E-state index in [2.05, 4.69) is 11.6 Å². The quantitative estimate of drug-likeness (QED) is 0.900. The van der Waals surface area contributed by atoms with E-state index in [1.807, 2.05) is 34.2 Å². The molecular weight excluding hydrogens is 240 g/mol. The fraction of sp³-hybridized carbons (Fsp3) is 0.545. The molecule has 1 atom stereocenters. The first-order chi connectivity index (χ1) is 7.79. The molecule has 1 aliphatic rings. The molecule has 3 nitrogen and oxygen atoms in total. The minimum absolute atomic E-state index is 0.0740. The summed E-state index contributed by atoms with van der Waals surface area (Å²) >= 11 is 3.52. The molecule has 1 aromatic heterocycles. The Balaban J connectivity index is 1.76. The third-order valence-electron chi connectivity index (χ3n) is 2.76. The molecule has 16 heavy (non-hydrogen) atoms. The van der Waals surface area contributed by atoms with Crippen molar-refractivity contribution in [3.8, 4) is 0 Å². The lowest BCUT2D eigenvalue weighted by molar-refractivity contribution is 0.208. The molecule has 1 unspecified atom stereocenters. The summed E-state index contributed by atoms with van der Waals surface area (Å²) in [5.41, 5.74) is 0. The minimum atomic E-state index is 0.0740. The van der Waals surface area contributed by atoms with Crippen LogP contribution in [0.25, 0.3) is 0 Å². The van der Waals surface area contributed by atoms with Gasteiger partial charge < -0.3 is 10.2 Å². The van der Waals surface area contributed by atoms with Crippen LogP contribution in [0, 0.1) is 0 Å². The maximum atomic E-state index is 11.8. The predicted octanol–water partition coefficient (Wildman–Crippen LogP) is 2.40. The van der Waals surface area contributed by atoms with Gasteiger partial charge in [-0.2, -0.15) is 11.8 Å². The molecule has 0 aromatic carbocycles. The molecule has 0 spiro atoms. The maximum Gasteiger partial charge on any atom is 0.317 e. The number of likely N-dealkylation sites (tertiary alicyclic amines) is 1. The summed E-state index contributed by atoms with van der Waals surface area (Å²) < 4.78 is 0. The third-order valence-corrected chi connectivity index (χ3v) is 4.69. The molecule has 2 rings (SSSR count). The van der Waals surface area contributed by atoms with E-state index in [1.165, 1.54) is 4.88 Å². The molecule has 0 bridgehead atoms. The van der Waals surface area contributed by atoms with Crippen molar-refractivity contribution >= 4 is 29.1 Å². The topological polar surface area (TPSA) is 32.3 Å². The zero-order valence-electron chi connectivity index (χ0n) is 9.31. The third kappa shape index (κ3) is 2.92. The van der Waals surface area contributed by atoms with E-state index >= 15 is 0 Å².